The van der Waals surface area contributed by atoms with Gasteiger partial charge in [0.1, 0.15) is 11.6 Å². The molecule has 1 aliphatic rings. The van der Waals surface area contributed by atoms with Gasteiger partial charge in [0.25, 0.3) is 0 Å². The van der Waals surface area contributed by atoms with Crippen molar-refractivity contribution in [2.75, 3.05) is 6.54 Å². The van der Waals surface area contributed by atoms with Crippen molar-refractivity contribution in [1.82, 2.24) is 0 Å². The summed E-state index contributed by atoms with van der Waals surface area (Å²) in [6.07, 6.45) is 1.16. The van der Waals surface area contributed by atoms with E-state index in [0.717, 1.165) is 11.1 Å². The number of aliphatic imine (C=N–C) groups is 1. The Hall–Kier alpha value is -2.31. The minimum Gasteiger partial charge on any atom is -0.460 e. The van der Waals surface area contributed by atoms with E-state index < -0.39 is 6.29 Å². The highest BCUT2D eigenvalue weighted by molar-refractivity contribution is 8.13. The Morgan fingerprint density at radius 3 is 2.92 bits per heavy atom. The lowest BCUT2D eigenvalue weighted by Crippen LogP contribution is -2.19. The smallest absolute Gasteiger partial charge is 0.227 e. The van der Waals surface area contributed by atoms with Crippen LogP contribution >= 0.6 is 11.8 Å². The third-order valence-corrected chi connectivity index (χ3v) is 4.53. The number of ether oxygens (including phenoxy) is 2. The van der Waals surface area contributed by atoms with E-state index in [0.29, 0.717) is 35.4 Å². The van der Waals surface area contributed by atoms with Crippen LogP contribution in [-0.4, -0.2) is 11.7 Å². The van der Waals surface area contributed by atoms with Crippen LogP contribution in [-0.2, 0) is 17.1 Å². The molecule has 0 radical (unpaired) electrons. The molecule has 0 saturated heterocycles. The molecule has 1 atom stereocenters. The molecule has 0 aliphatic carbocycles. The zero-order valence-electron chi connectivity index (χ0n) is 13.7. The number of thioether (sulfide) groups is 1. The molecule has 25 heavy (non-hydrogen) atoms. The van der Waals surface area contributed by atoms with Crippen LogP contribution in [0, 0.1) is 5.82 Å². The van der Waals surface area contributed by atoms with Crippen LogP contribution in [0.1, 0.15) is 23.0 Å². The van der Waals surface area contributed by atoms with Gasteiger partial charge >= 0.3 is 0 Å². The normalized spacial score (nSPS) is 16.8. The highest BCUT2D eigenvalue weighted by Gasteiger charge is 2.25. The van der Waals surface area contributed by atoms with Crippen molar-refractivity contribution in [2.24, 2.45) is 10.7 Å². The van der Waals surface area contributed by atoms with Crippen molar-refractivity contribution >= 4 is 16.9 Å². The molecule has 4 nitrogen and oxygen atoms in total. The number of hydrogen-bond donors (Lipinski definition) is 1. The second-order valence-electron chi connectivity index (χ2n) is 5.48. The second-order valence-corrected chi connectivity index (χ2v) is 6.48. The first-order chi connectivity index (χ1) is 12.2. The first-order valence-corrected chi connectivity index (χ1v) is 8.84. The fourth-order valence-corrected chi connectivity index (χ4v) is 3.19. The first kappa shape index (κ1) is 17.5. The van der Waals surface area contributed by atoms with Crippen molar-refractivity contribution in [2.45, 2.75) is 18.6 Å². The van der Waals surface area contributed by atoms with Crippen LogP contribution in [0.15, 0.2) is 60.1 Å². The van der Waals surface area contributed by atoms with Gasteiger partial charge in [-0.3, -0.25) is 4.99 Å². The highest BCUT2D eigenvalue weighted by Crippen LogP contribution is 2.37. The Morgan fingerprint density at radius 2 is 2.16 bits per heavy atom. The molecule has 0 amide bonds. The standard InChI is InChI=1S/C19H19FN2O2S/c1-2-8-22-19(21)25-12-15-10-16(20)9-14-11-23-18(24-17(14)15)13-6-4-3-5-7-13/h2-7,9-10,18H,1,8,11-12H2,(H2,21,22)/t18-/m1/s1. The molecule has 1 aliphatic heterocycles. The Balaban J connectivity index is 1.81. The van der Waals surface area contributed by atoms with Crippen LogP contribution in [0.25, 0.3) is 0 Å². The summed E-state index contributed by atoms with van der Waals surface area (Å²) in [6.45, 7) is 4.36. The van der Waals surface area contributed by atoms with Crippen LogP contribution in [0.5, 0.6) is 5.75 Å². The summed E-state index contributed by atoms with van der Waals surface area (Å²) in [7, 11) is 0. The Kier molecular flexibility index (Phi) is 5.73. The van der Waals surface area contributed by atoms with Crippen molar-refractivity contribution in [3.63, 3.8) is 0 Å². The molecule has 130 valence electrons. The molecular weight excluding hydrogens is 339 g/mol. The molecule has 0 fully saturated rings. The lowest BCUT2D eigenvalue weighted by atomic mass is 10.1. The number of halogens is 1. The average molecular weight is 358 g/mol. The lowest BCUT2D eigenvalue weighted by molar-refractivity contribution is -0.112. The predicted molar refractivity (Wildman–Crippen MR) is 99.0 cm³/mol. The highest BCUT2D eigenvalue weighted by atomic mass is 32.2. The van der Waals surface area contributed by atoms with Crippen molar-refractivity contribution in [3.8, 4) is 5.75 Å². The van der Waals surface area contributed by atoms with Gasteiger partial charge < -0.3 is 15.2 Å². The summed E-state index contributed by atoms with van der Waals surface area (Å²) in [5.74, 6) is 0.806. The largest absolute Gasteiger partial charge is 0.460 e. The number of fused-ring (bicyclic) bond motifs is 1. The summed E-state index contributed by atoms with van der Waals surface area (Å²) >= 11 is 1.34. The average Bonchev–Trinajstić information content (AvgIpc) is 2.64. The van der Waals surface area contributed by atoms with E-state index in [4.69, 9.17) is 15.2 Å². The third-order valence-electron chi connectivity index (χ3n) is 3.65. The predicted octanol–water partition coefficient (Wildman–Crippen LogP) is 4.17. The summed E-state index contributed by atoms with van der Waals surface area (Å²) in [4.78, 5) is 4.13. The molecule has 3 rings (SSSR count). The number of nitrogens with two attached hydrogens (primary N) is 1. The molecule has 1 heterocycles. The Morgan fingerprint density at radius 1 is 1.36 bits per heavy atom. The number of amidine groups is 1. The number of rotatable bonds is 5. The maximum Gasteiger partial charge on any atom is 0.227 e. The molecular formula is C19H19FN2O2S. The fourth-order valence-electron chi connectivity index (χ4n) is 2.51. The van der Waals surface area contributed by atoms with Gasteiger partial charge in [-0.05, 0) is 12.1 Å². The number of hydrogen-bond acceptors (Lipinski definition) is 4. The number of nitrogens with zero attached hydrogens (tertiary/aromatic N) is 1. The summed E-state index contributed by atoms with van der Waals surface area (Å²) in [6, 6.07) is 12.6. The molecule has 2 N–H and O–H groups in total. The van der Waals surface area contributed by atoms with Gasteiger partial charge in [0.2, 0.25) is 6.29 Å². The summed E-state index contributed by atoms with van der Waals surface area (Å²) in [5, 5.41) is 0.435. The van der Waals surface area contributed by atoms with Crippen molar-refractivity contribution < 1.29 is 13.9 Å². The van der Waals surface area contributed by atoms with Gasteiger partial charge in [-0.25, -0.2) is 4.39 Å². The van der Waals surface area contributed by atoms with Gasteiger partial charge in [-0.2, -0.15) is 0 Å². The first-order valence-electron chi connectivity index (χ1n) is 7.85. The van der Waals surface area contributed by atoms with E-state index in [9.17, 15) is 4.39 Å². The third kappa shape index (κ3) is 4.41. The van der Waals surface area contributed by atoms with E-state index in [1.165, 1.54) is 23.9 Å². The molecule has 6 heteroatoms. The molecule has 0 spiro atoms. The second kappa shape index (κ2) is 8.18. The topological polar surface area (TPSA) is 56.8 Å². The molecule has 0 unspecified atom stereocenters. The Bertz CT molecular complexity index is 780. The molecule has 2 aromatic rings. The summed E-state index contributed by atoms with van der Waals surface area (Å²) in [5.41, 5.74) is 8.20. The van der Waals surface area contributed by atoms with E-state index in [-0.39, 0.29) is 5.82 Å². The van der Waals surface area contributed by atoms with Gasteiger partial charge in [-0.15, -0.1) is 6.58 Å². The zero-order valence-corrected chi connectivity index (χ0v) is 14.5. The van der Waals surface area contributed by atoms with Crippen molar-refractivity contribution in [1.29, 1.82) is 0 Å². The van der Waals surface area contributed by atoms with E-state index in [1.807, 2.05) is 30.3 Å². The van der Waals surface area contributed by atoms with Crippen molar-refractivity contribution in [3.05, 3.63) is 77.6 Å². The van der Waals surface area contributed by atoms with E-state index >= 15 is 0 Å². The monoisotopic (exact) mass is 358 g/mol. The minimum absolute atomic E-state index is 0.296. The number of benzene rings is 2. The zero-order chi connectivity index (χ0) is 17.6. The molecule has 0 saturated carbocycles. The fraction of sp³-hybridized carbons (Fsp3) is 0.211. The van der Waals surface area contributed by atoms with Crippen LogP contribution in [0.3, 0.4) is 0 Å². The SMILES string of the molecule is C=CCN=C(N)SCc1cc(F)cc2c1O[C@H](c1ccccc1)OC2. The van der Waals surface area contributed by atoms with Gasteiger partial charge in [0, 0.05) is 22.4 Å². The van der Waals surface area contributed by atoms with Gasteiger partial charge in [0.15, 0.2) is 5.17 Å². The van der Waals surface area contributed by atoms with Crippen LogP contribution in [0.4, 0.5) is 4.39 Å². The maximum absolute atomic E-state index is 13.9. The van der Waals surface area contributed by atoms with E-state index in [1.54, 1.807) is 6.08 Å². The lowest BCUT2D eigenvalue weighted by Gasteiger charge is -2.28. The van der Waals surface area contributed by atoms with Crippen LogP contribution < -0.4 is 10.5 Å². The summed E-state index contributed by atoms with van der Waals surface area (Å²) < 4.78 is 25.6. The molecule has 0 aromatic heterocycles. The quantitative estimate of drug-likeness (QED) is 0.495. The van der Waals surface area contributed by atoms with Gasteiger partial charge in [-0.1, -0.05) is 48.2 Å². The van der Waals surface area contributed by atoms with E-state index in [2.05, 4.69) is 11.6 Å². The van der Waals surface area contributed by atoms with Crippen LogP contribution in [0.2, 0.25) is 0 Å². The molecule has 0 bridgehead atoms. The molecule has 2 aromatic carbocycles. The minimum atomic E-state index is -0.505. The maximum atomic E-state index is 13.9. The Labute approximate surface area is 150 Å². The van der Waals surface area contributed by atoms with Gasteiger partial charge in [0.05, 0.1) is 13.2 Å².